The molecular weight excluding hydrogens is 292 g/mol. The van der Waals surface area contributed by atoms with E-state index in [4.69, 9.17) is 4.74 Å². The maximum absolute atomic E-state index is 11.6. The molecule has 23 heavy (non-hydrogen) atoms. The number of carbonyl (C=O) groups excluding carboxylic acids is 2. The highest BCUT2D eigenvalue weighted by atomic mass is 16.6. The summed E-state index contributed by atoms with van der Waals surface area (Å²) in [5.74, 6) is -0.171. The zero-order chi connectivity index (χ0) is 17.6. The Morgan fingerprint density at radius 3 is 1.74 bits per heavy atom. The quantitative estimate of drug-likeness (QED) is 0.421. The highest BCUT2D eigenvalue weighted by Gasteiger charge is 2.16. The molecule has 5 heteroatoms. The van der Waals surface area contributed by atoms with E-state index in [-0.39, 0.29) is 5.91 Å². The third-order valence-corrected chi connectivity index (χ3v) is 3.46. The third-order valence-electron chi connectivity index (χ3n) is 3.46. The molecule has 2 amide bonds. The Kier molecular flexibility index (Phi) is 12.5. The molecule has 136 valence electrons. The van der Waals surface area contributed by atoms with E-state index >= 15 is 0 Å². The van der Waals surface area contributed by atoms with Gasteiger partial charge >= 0.3 is 6.09 Å². The van der Waals surface area contributed by atoms with Crippen molar-refractivity contribution in [2.45, 2.75) is 104 Å². The van der Waals surface area contributed by atoms with Crippen LogP contribution in [0.25, 0.3) is 0 Å². The van der Waals surface area contributed by atoms with E-state index in [0.717, 1.165) is 12.8 Å². The first-order chi connectivity index (χ1) is 10.8. The largest absolute Gasteiger partial charge is 0.443 e. The van der Waals surface area contributed by atoms with Crippen LogP contribution in [-0.2, 0) is 9.53 Å². The van der Waals surface area contributed by atoms with Crippen LogP contribution in [0.2, 0.25) is 0 Å². The van der Waals surface area contributed by atoms with Crippen LogP contribution in [0, 0.1) is 0 Å². The summed E-state index contributed by atoms with van der Waals surface area (Å²) in [6.45, 7) is 7.56. The predicted octanol–water partition coefficient (Wildman–Crippen LogP) is 4.85. The van der Waals surface area contributed by atoms with Crippen molar-refractivity contribution in [1.29, 1.82) is 0 Å². The Morgan fingerprint density at radius 1 is 0.783 bits per heavy atom. The maximum Gasteiger partial charge on any atom is 0.426 e. The van der Waals surface area contributed by atoms with Crippen LogP contribution in [-0.4, -0.2) is 17.6 Å². The van der Waals surface area contributed by atoms with Crippen LogP contribution in [0.15, 0.2) is 0 Å². The fourth-order valence-corrected chi connectivity index (χ4v) is 2.26. The van der Waals surface area contributed by atoms with Crippen molar-refractivity contribution in [2.24, 2.45) is 0 Å². The average Bonchev–Trinajstić information content (AvgIpc) is 2.45. The first-order valence-electron chi connectivity index (χ1n) is 9.13. The summed E-state index contributed by atoms with van der Waals surface area (Å²) in [5, 5.41) is 0. The van der Waals surface area contributed by atoms with Gasteiger partial charge in [0.25, 0.3) is 0 Å². The molecule has 0 aromatic rings. The van der Waals surface area contributed by atoms with Crippen molar-refractivity contribution < 1.29 is 14.3 Å². The van der Waals surface area contributed by atoms with Crippen LogP contribution < -0.4 is 10.9 Å². The van der Waals surface area contributed by atoms with Gasteiger partial charge in [-0.15, -0.1) is 0 Å². The summed E-state index contributed by atoms with van der Waals surface area (Å²) >= 11 is 0. The summed E-state index contributed by atoms with van der Waals surface area (Å²) in [5.41, 5.74) is 4.07. The predicted molar refractivity (Wildman–Crippen MR) is 94.0 cm³/mol. The minimum Gasteiger partial charge on any atom is -0.443 e. The fourth-order valence-electron chi connectivity index (χ4n) is 2.26. The normalized spacial score (nSPS) is 11.1. The van der Waals surface area contributed by atoms with E-state index in [2.05, 4.69) is 17.8 Å². The van der Waals surface area contributed by atoms with E-state index in [0.29, 0.717) is 6.42 Å². The number of unbranched alkanes of at least 4 members (excludes halogenated alkanes) is 9. The Hall–Kier alpha value is -1.26. The SMILES string of the molecule is CCCCCCCCCCCCC(=O)NNC(=O)OC(C)(C)C. The summed E-state index contributed by atoms with van der Waals surface area (Å²) < 4.78 is 5.03. The zero-order valence-corrected chi connectivity index (χ0v) is 15.5. The number of rotatable bonds is 11. The van der Waals surface area contributed by atoms with Gasteiger partial charge in [-0.2, -0.15) is 0 Å². The monoisotopic (exact) mass is 328 g/mol. The molecule has 0 rings (SSSR count). The van der Waals surface area contributed by atoms with Gasteiger partial charge in [-0.3, -0.25) is 10.2 Å². The molecular formula is C18H36N2O3. The minimum absolute atomic E-state index is 0.171. The summed E-state index contributed by atoms with van der Waals surface area (Å²) in [6, 6.07) is 0. The van der Waals surface area contributed by atoms with Crippen LogP contribution in [0.4, 0.5) is 4.79 Å². The standard InChI is InChI=1S/C18H36N2O3/c1-5-6-7-8-9-10-11-12-13-14-15-16(21)19-20-17(22)23-18(2,3)4/h5-15H2,1-4H3,(H,19,21)(H,20,22). The Morgan fingerprint density at radius 2 is 1.26 bits per heavy atom. The van der Waals surface area contributed by atoms with Crippen molar-refractivity contribution in [1.82, 2.24) is 10.9 Å². The summed E-state index contributed by atoms with van der Waals surface area (Å²) in [7, 11) is 0. The third kappa shape index (κ3) is 16.9. The molecule has 0 heterocycles. The van der Waals surface area contributed by atoms with Gasteiger partial charge in [0.1, 0.15) is 5.60 Å². The first kappa shape index (κ1) is 21.7. The summed E-state index contributed by atoms with van der Waals surface area (Å²) in [6.07, 6.45) is 12.2. The second kappa shape index (κ2) is 13.2. The topological polar surface area (TPSA) is 67.4 Å². The molecule has 2 N–H and O–H groups in total. The number of ether oxygens (including phenoxy) is 1. The van der Waals surface area contributed by atoms with Gasteiger partial charge in [0.15, 0.2) is 0 Å². The number of hydrogen-bond donors (Lipinski definition) is 2. The van der Waals surface area contributed by atoms with Crippen LogP contribution in [0.1, 0.15) is 98.3 Å². The molecule has 0 aliphatic rings. The van der Waals surface area contributed by atoms with Crippen molar-refractivity contribution in [3.05, 3.63) is 0 Å². The molecule has 0 unspecified atom stereocenters. The molecule has 0 atom stereocenters. The van der Waals surface area contributed by atoms with Crippen LogP contribution in [0.5, 0.6) is 0 Å². The van der Waals surface area contributed by atoms with Crippen LogP contribution in [0.3, 0.4) is 0 Å². The number of amides is 2. The lowest BCUT2D eigenvalue weighted by atomic mass is 10.1. The summed E-state index contributed by atoms with van der Waals surface area (Å²) in [4.78, 5) is 22.9. The zero-order valence-electron chi connectivity index (χ0n) is 15.5. The molecule has 0 fully saturated rings. The highest BCUT2D eigenvalue weighted by molar-refractivity contribution is 5.79. The van der Waals surface area contributed by atoms with Crippen molar-refractivity contribution in [3.8, 4) is 0 Å². The lowest BCUT2D eigenvalue weighted by molar-refractivity contribution is -0.122. The first-order valence-corrected chi connectivity index (χ1v) is 9.13. The molecule has 0 aromatic carbocycles. The molecule has 0 saturated carbocycles. The molecule has 0 spiro atoms. The molecule has 0 saturated heterocycles. The van der Waals surface area contributed by atoms with Crippen molar-refractivity contribution in [3.63, 3.8) is 0 Å². The maximum atomic E-state index is 11.6. The number of carbonyl (C=O) groups is 2. The van der Waals surface area contributed by atoms with Gasteiger partial charge in [-0.05, 0) is 27.2 Å². The molecule has 0 aliphatic heterocycles. The van der Waals surface area contributed by atoms with E-state index in [1.54, 1.807) is 20.8 Å². The van der Waals surface area contributed by atoms with Gasteiger partial charge in [0.05, 0.1) is 0 Å². The average molecular weight is 328 g/mol. The number of hydrogen-bond acceptors (Lipinski definition) is 3. The van der Waals surface area contributed by atoms with E-state index in [9.17, 15) is 9.59 Å². The van der Waals surface area contributed by atoms with Crippen molar-refractivity contribution in [2.75, 3.05) is 0 Å². The lowest BCUT2D eigenvalue weighted by Gasteiger charge is -2.19. The molecule has 0 bridgehead atoms. The number of hydrazine groups is 1. The van der Waals surface area contributed by atoms with Gasteiger partial charge < -0.3 is 4.74 Å². The highest BCUT2D eigenvalue weighted by Crippen LogP contribution is 2.11. The Bertz CT molecular complexity index is 325. The Labute approximate surface area is 141 Å². The van der Waals surface area contributed by atoms with E-state index < -0.39 is 11.7 Å². The van der Waals surface area contributed by atoms with Crippen LogP contribution >= 0.6 is 0 Å². The van der Waals surface area contributed by atoms with Gasteiger partial charge in [0, 0.05) is 6.42 Å². The second-order valence-corrected chi connectivity index (χ2v) is 7.11. The fraction of sp³-hybridized carbons (Fsp3) is 0.889. The van der Waals surface area contributed by atoms with E-state index in [1.165, 1.54) is 51.4 Å². The lowest BCUT2D eigenvalue weighted by Crippen LogP contribution is -2.44. The molecule has 0 radical (unpaired) electrons. The van der Waals surface area contributed by atoms with Gasteiger partial charge in [-0.25, -0.2) is 10.2 Å². The van der Waals surface area contributed by atoms with Gasteiger partial charge in [0.2, 0.25) is 5.91 Å². The van der Waals surface area contributed by atoms with E-state index in [1.807, 2.05) is 0 Å². The smallest absolute Gasteiger partial charge is 0.426 e. The molecule has 0 aromatic heterocycles. The minimum atomic E-state index is -0.631. The Balaban J connectivity index is 3.39. The number of nitrogens with one attached hydrogen (secondary N) is 2. The van der Waals surface area contributed by atoms with Crippen molar-refractivity contribution >= 4 is 12.0 Å². The van der Waals surface area contributed by atoms with Gasteiger partial charge in [-0.1, -0.05) is 64.7 Å². The second-order valence-electron chi connectivity index (χ2n) is 7.11. The molecule has 5 nitrogen and oxygen atoms in total. The molecule has 0 aliphatic carbocycles.